The van der Waals surface area contributed by atoms with E-state index >= 15 is 0 Å². The maximum Gasteiger partial charge on any atom is 0.257 e. The van der Waals surface area contributed by atoms with Crippen LogP contribution in [0.25, 0.3) is 0 Å². The van der Waals surface area contributed by atoms with E-state index in [0.717, 1.165) is 36.0 Å². The van der Waals surface area contributed by atoms with Crippen LogP contribution in [0.1, 0.15) is 32.9 Å². The van der Waals surface area contributed by atoms with Crippen LogP contribution in [0.2, 0.25) is 0 Å². The van der Waals surface area contributed by atoms with Crippen LogP contribution in [0.15, 0.2) is 42.7 Å². The summed E-state index contributed by atoms with van der Waals surface area (Å²) in [4.78, 5) is 25.9. The molecule has 0 aliphatic carbocycles. The number of hydrogen-bond acceptors (Lipinski definition) is 5. The second-order valence-corrected chi connectivity index (χ2v) is 7.52. The molecule has 7 heteroatoms. The van der Waals surface area contributed by atoms with Gasteiger partial charge in [0, 0.05) is 44.3 Å². The fourth-order valence-corrected chi connectivity index (χ4v) is 3.75. The van der Waals surface area contributed by atoms with E-state index in [2.05, 4.69) is 51.2 Å². The van der Waals surface area contributed by atoms with Crippen LogP contribution >= 0.6 is 0 Å². The number of rotatable bonds is 4. The van der Waals surface area contributed by atoms with Crippen molar-refractivity contribution in [2.45, 2.75) is 27.3 Å². The lowest BCUT2D eigenvalue weighted by Gasteiger charge is -2.34. The monoisotopic (exact) mass is 390 g/mol. The second kappa shape index (κ2) is 8.03. The quantitative estimate of drug-likeness (QED) is 0.685. The lowest BCUT2D eigenvalue weighted by Crippen LogP contribution is -2.49. The molecule has 0 saturated carbocycles. The Labute approximate surface area is 171 Å². The third kappa shape index (κ3) is 3.99. The number of piperazine rings is 1. The number of carbonyl (C=O) groups excluding carboxylic acids is 1. The Morgan fingerprint density at radius 1 is 0.966 bits per heavy atom. The van der Waals surface area contributed by atoms with Crippen molar-refractivity contribution in [3.8, 4) is 0 Å². The first-order chi connectivity index (χ1) is 14.0. The summed E-state index contributed by atoms with van der Waals surface area (Å²) < 4.78 is 1.93. The highest BCUT2D eigenvalue weighted by Gasteiger charge is 2.27. The number of amides is 1. The summed E-state index contributed by atoms with van der Waals surface area (Å²) in [6.07, 6.45) is 3.49. The number of nitrogens with zero attached hydrogens (tertiary/aromatic N) is 6. The number of hydrogen-bond donors (Lipinski definition) is 0. The summed E-state index contributed by atoms with van der Waals surface area (Å²) in [7, 11) is 0. The molecule has 1 amide bonds. The molecule has 1 aliphatic heterocycles. The van der Waals surface area contributed by atoms with Crippen molar-refractivity contribution < 1.29 is 4.79 Å². The average Bonchev–Trinajstić information content (AvgIpc) is 3.03. The lowest BCUT2D eigenvalue weighted by molar-refractivity contribution is 0.0744. The van der Waals surface area contributed by atoms with Gasteiger partial charge in [0.15, 0.2) is 0 Å². The van der Waals surface area contributed by atoms with Gasteiger partial charge in [-0.05, 0) is 32.4 Å². The van der Waals surface area contributed by atoms with E-state index in [4.69, 9.17) is 0 Å². The zero-order valence-corrected chi connectivity index (χ0v) is 17.2. The number of anilines is 1. The van der Waals surface area contributed by atoms with Crippen LogP contribution in [-0.4, -0.2) is 56.7 Å². The van der Waals surface area contributed by atoms with Crippen LogP contribution in [0, 0.1) is 20.8 Å². The third-order valence-electron chi connectivity index (χ3n) is 5.45. The van der Waals surface area contributed by atoms with Gasteiger partial charge in [0.2, 0.25) is 5.95 Å². The van der Waals surface area contributed by atoms with Gasteiger partial charge in [-0.1, -0.05) is 29.8 Å². The van der Waals surface area contributed by atoms with Crippen LogP contribution < -0.4 is 4.90 Å². The Hall–Kier alpha value is -3.22. The summed E-state index contributed by atoms with van der Waals surface area (Å²) >= 11 is 0. The Bertz CT molecular complexity index is 988. The lowest BCUT2D eigenvalue weighted by atomic mass is 10.1. The van der Waals surface area contributed by atoms with Gasteiger partial charge in [-0.15, -0.1) is 0 Å². The molecule has 2 aromatic heterocycles. The predicted molar refractivity (Wildman–Crippen MR) is 112 cm³/mol. The molecule has 0 atom stereocenters. The zero-order chi connectivity index (χ0) is 20.4. The van der Waals surface area contributed by atoms with Crippen molar-refractivity contribution >= 4 is 11.9 Å². The van der Waals surface area contributed by atoms with Gasteiger partial charge in [0.1, 0.15) is 0 Å². The molecule has 0 bridgehead atoms. The molecule has 0 radical (unpaired) electrons. The highest BCUT2D eigenvalue weighted by atomic mass is 16.2. The largest absolute Gasteiger partial charge is 0.337 e. The molecule has 29 heavy (non-hydrogen) atoms. The van der Waals surface area contributed by atoms with Crippen LogP contribution in [-0.2, 0) is 6.54 Å². The molecule has 1 saturated heterocycles. The van der Waals surface area contributed by atoms with E-state index < -0.39 is 0 Å². The Kier molecular flexibility index (Phi) is 5.29. The molecule has 4 rings (SSSR count). The van der Waals surface area contributed by atoms with Crippen LogP contribution in [0.4, 0.5) is 5.95 Å². The van der Waals surface area contributed by atoms with Crippen molar-refractivity contribution in [1.29, 1.82) is 0 Å². The van der Waals surface area contributed by atoms with Gasteiger partial charge in [-0.3, -0.25) is 9.48 Å². The number of aromatic nitrogens is 4. The van der Waals surface area contributed by atoms with Crippen LogP contribution in [0.5, 0.6) is 0 Å². The molecule has 150 valence electrons. The molecule has 0 spiro atoms. The molecular formula is C22H26N6O. The molecule has 7 nitrogen and oxygen atoms in total. The molecule has 1 aliphatic rings. The first-order valence-electron chi connectivity index (χ1n) is 9.93. The van der Waals surface area contributed by atoms with E-state index in [1.807, 2.05) is 29.5 Å². The smallest absolute Gasteiger partial charge is 0.257 e. The summed E-state index contributed by atoms with van der Waals surface area (Å²) in [6.45, 7) is 9.40. The van der Waals surface area contributed by atoms with Gasteiger partial charge in [-0.2, -0.15) is 5.10 Å². The van der Waals surface area contributed by atoms with Gasteiger partial charge < -0.3 is 9.80 Å². The van der Waals surface area contributed by atoms with E-state index in [1.165, 1.54) is 11.1 Å². The van der Waals surface area contributed by atoms with Gasteiger partial charge in [0.05, 0.1) is 17.8 Å². The third-order valence-corrected chi connectivity index (χ3v) is 5.45. The van der Waals surface area contributed by atoms with E-state index in [1.54, 1.807) is 12.4 Å². The number of aryl methyl sites for hydroxylation is 2. The maximum absolute atomic E-state index is 13.2. The van der Waals surface area contributed by atoms with E-state index in [9.17, 15) is 4.79 Å². The van der Waals surface area contributed by atoms with Crippen molar-refractivity contribution in [1.82, 2.24) is 24.6 Å². The van der Waals surface area contributed by atoms with Gasteiger partial charge in [-0.25, -0.2) is 9.97 Å². The highest BCUT2D eigenvalue weighted by Crippen LogP contribution is 2.19. The predicted octanol–water partition coefficient (Wildman–Crippen LogP) is 2.61. The van der Waals surface area contributed by atoms with Crippen LogP contribution in [0.3, 0.4) is 0 Å². The summed E-state index contributed by atoms with van der Waals surface area (Å²) in [5, 5.41) is 4.65. The fraction of sp³-hybridized carbons (Fsp3) is 0.364. The Balaban J connectivity index is 1.46. The molecule has 1 fully saturated rings. The summed E-state index contributed by atoms with van der Waals surface area (Å²) in [6, 6.07) is 10.2. The minimum atomic E-state index is 0.0591. The minimum absolute atomic E-state index is 0.0591. The van der Waals surface area contributed by atoms with Crippen molar-refractivity contribution in [2.24, 2.45) is 0 Å². The van der Waals surface area contributed by atoms with Gasteiger partial charge >= 0.3 is 0 Å². The zero-order valence-electron chi connectivity index (χ0n) is 17.2. The first kappa shape index (κ1) is 19.1. The van der Waals surface area contributed by atoms with E-state index in [-0.39, 0.29) is 5.91 Å². The first-order valence-corrected chi connectivity index (χ1v) is 9.93. The Morgan fingerprint density at radius 3 is 2.28 bits per heavy atom. The average molecular weight is 390 g/mol. The van der Waals surface area contributed by atoms with E-state index in [0.29, 0.717) is 19.6 Å². The highest BCUT2D eigenvalue weighted by molar-refractivity contribution is 5.96. The number of benzene rings is 1. The molecule has 0 unspecified atom stereocenters. The normalized spacial score (nSPS) is 14.3. The topological polar surface area (TPSA) is 67.2 Å². The fourth-order valence-electron chi connectivity index (χ4n) is 3.75. The van der Waals surface area contributed by atoms with Crippen molar-refractivity contribution in [3.05, 3.63) is 70.8 Å². The number of carbonyl (C=O) groups is 1. The molecular weight excluding hydrogens is 364 g/mol. The Morgan fingerprint density at radius 2 is 1.62 bits per heavy atom. The molecule has 3 aromatic rings. The summed E-state index contributed by atoms with van der Waals surface area (Å²) in [5.41, 5.74) is 4.84. The molecule has 1 aromatic carbocycles. The van der Waals surface area contributed by atoms with Crippen molar-refractivity contribution in [2.75, 3.05) is 31.1 Å². The standard InChI is InChI=1S/C22H26N6O/c1-16-5-7-19(8-6-16)15-28-18(3)20(17(2)25-28)21(29)26-11-13-27(14-12-26)22-23-9-4-10-24-22/h4-10H,11-15H2,1-3H3. The molecule has 3 heterocycles. The SMILES string of the molecule is Cc1ccc(Cn2nc(C)c(C(=O)N3CCN(c4ncccn4)CC3)c2C)cc1. The maximum atomic E-state index is 13.2. The van der Waals surface area contributed by atoms with Gasteiger partial charge in [0.25, 0.3) is 5.91 Å². The molecule has 0 N–H and O–H groups in total. The summed E-state index contributed by atoms with van der Waals surface area (Å²) in [5.74, 6) is 0.779. The minimum Gasteiger partial charge on any atom is -0.337 e. The second-order valence-electron chi connectivity index (χ2n) is 7.52. The van der Waals surface area contributed by atoms with Crippen molar-refractivity contribution in [3.63, 3.8) is 0 Å².